The van der Waals surface area contributed by atoms with Gasteiger partial charge in [-0.2, -0.15) is 0 Å². The molecule has 0 fully saturated rings. The topological polar surface area (TPSA) is 51.2 Å². The maximum atomic E-state index is 12.6. The average Bonchev–Trinajstić information content (AvgIpc) is 3.09. The summed E-state index contributed by atoms with van der Waals surface area (Å²) in [5.41, 5.74) is 2.94. The molecule has 130 valence electrons. The zero-order valence-corrected chi connectivity index (χ0v) is 15.4. The molecule has 0 bridgehead atoms. The number of methoxy groups -OCH3 is 1. The number of nitrogens with one attached hydrogen (secondary N) is 1. The minimum atomic E-state index is -0.112. The highest BCUT2D eigenvalue weighted by Gasteiger charge is 2.12. The first-order valence-electron chi connectivity index (χ1n) is 8.45. The number of amides is 1. The Morgan fingerprint density at radius 2 is 1.88 bits per heavy atom. The molecule has 2 aromatic heterocycles. The van der Waals surface area contributed by atoms with Gasteiger partial charge in [-0.3, -0.25) is 4.79 Å². The highest BCUT2D eigenvalue weighted by Crippen LogP contribution is 2.29. The van der Waals surface area contributed by atoms with Crippen molar-refractivity contribution in [1.29, 1.82) is 0 Å². The molecule has 0 saturated heterocycles. The summed E-state index contributed by atoms with van der Waals surface area (Å²) in [7, 11) is 1.65. The molecule has 0 radical (unpaired) electrons. The lowest BCUT2D eigenvalue weighted by molar-refractivity contribution is 0.103. The molecule has 0 spiro atoms. The van der Waals surface area contributed by atoms with Crippen LogP contribution in [-0.2, 0) is 6.42 Å². The lowest BCUT2D eigenvalue weighted by atomic mass is 10.1. The number of pyridine rings is 1. The predicted molar refractivity (Wildman–Crippen MR) is 107 cm³/mol. The standard InChI is InChI=1S/C21H18N2O2S/c1-3-13-4-6-16(7-5-13)22-20(24)19-12-15-10-14-11-17(25-2)8-9-18(14)23-21(15)26-19/h4-12H,3H2,1-2H3,(H,22,24). The maximum Gasteiger partial charge on any atom is 0.265 e. The number of carbonyl (C=O) groups is 1. The molecule has 0 atom stereocenters. The van der Waals surface area contributed by atoms with Crippen LogP contribution in [0.3, 0.4) is 0 Å². The molecule has 1 N–H and O–H groups in total. The van der Waals surface area contributed by atoms with Gasteiger partial charge in [-0.25, -0.2) is 4.98 Å². The zero-order valence-electron chi connectivity index (χ0n) is 14.6. The van der Waals surface area contributed by atoms with Gasteiger partial charge in [0.15, 0.2) is 0 Å². The van der Waals surface area contributed by atoms with Crippen LogP contribution in [0.4, 0.5) is 5.69 Å². The molecule has 4 aromatic rings. The summed E-state index contributed by atoms with van der Waals surface area (Å²) in [6, 6.07) is 17.6. The fraction of sp³-hybridized carbons (Fsp3) is 0.143. The van der Waals surface area contributed by atoms with Crippen LogP contribution < -0.4 is 10.1 Å². The van der Waals surface area contributed by atoms with E-state index < -0.39 is 0 Å². The summed E-state index contributed by atoms with van der Waals surface area (Å²) in [5.74, 6) is 0.682. The van der Waals surface area contributed by atoms with Crippen molar-refractivity contribution in [2.24, 2.45) is 0 Å². The van der Waals surface area contributed by atoms with Gasteiger partial charge in [0.2, 0.25) is 0 Å². The number of aryl methyl sites for hydroxylation is 1. The van der Waals surface area contributed by atoms with Crippen molar-refractivity contribution in [3.8, 4) is 5.75 Å². The van der Waals surface area contributed by atoms with Crippen molar-refractivity contribution in [2.75, 3.05) is 12.4 Å². The Labute approximate surface area is 155 Å². The van der Waals surface area contributed by atoms with Crippen LogP contribution in [0.15, 0.2) is 54.6 Å². The van der Waals surface area contributed by atoms with Gasteiger partial charge in [0.05, 0.1) is 17.5 Å². The van der Waals surface area contributed by atoms with Gasteiger partial charge in [0, 0.05) is 16.5 Å². The number of hydrogen-bond acceptors (Lipinski definition) is 4. The van der Waals surface area contributed by atoms with E-state index >= 15 is 0 Å². The predicted octanol–water partition coefficient (Wildman–Crippen LogP) is 5.27. The summed E-state index contributed by atoms with van der Waals surface area (Å²) in [6.45, 7) is 2.11. The number of aromatic nitrogens is 1. The molecule has 1 amide bonds. The first-order chi connectivity index (χ1) is 12.7. The van der Waals surface area contributed by atoms with Crippen LogP contribution in [0.5, 0.6) is 5.75 Å². The number of carbonyl (C=O) groups excluding carboxylic acids is 1. The van der Waals surface area contributed by atoms with E-state index in [9.17, 15) is 4.79 Å². The van der Waals surface area contributed by atoms with Crippen molar-refractivity contribution in [1.82, 2.24) is 4.98 Å². The Morgan fingerprint density at radius 1 is 1.08 bits per heavy atom. The van der Waals surface area contributed by atoms with Crippen LogP contribution in [0.25, 0.3) is 21.1 Å². The van der Waals surface area contributed by atoms with Crippen molar-refractivity contribution in [2.45, 2.75) is 13.3 Å². The van der Waals surface area contributed by atoms with Gasteiger partial charge >= 0.3 is 0 Å². The molecule has 2 heterocycles. The molecule has 26 heavy (non-hydrogen) atoms. The number of thiophene rings is 1. The Kier molecular flexibility index (Phi) is 4.31. The normalized spacial score (nSPS) is 11.0. The number of hydrogen-bond donors (Lipinski definition) is 1. The van der Waals surface area contributed by atoms with Crippen LogP contribution in [0, 0.1) is 0 Å². The number of nitrogens with zero attached hydrogens (tertiary/aromatic N) is 1. The van der Waals surface area contributed by atoms with Gasteiger partial charge in [-0.1, -0.05) is 19.1 Å². The first-order valence-corrected chi connectivity index (χ1v) is 9.26. The molecular weight excluding hydrogens is 344 g/mol. The second-order valence-electron chi connectivity index (χ2n) is 6.06. The number of ether oxygens (including phenoxy) is 1. The second-order valence-corrected chi connectivity index (χ2v) is 7.09. The summed E-state index contributed by atoms with van der Waals surface area (Å²) in [6.07, 6.45) is 0.981. The third-order valence-corrected chi connectivity index (χ3v) is 5.40. The Bertz CT molecular complexity index is 1100. The van der Waals surface area contributed by atoms with Gasteiger partial charge in [0.25, 0.3) is 5.91 Å². The third-order valence-electron chi connectivity index (χ3n) is 4.35. The van der Waals surface area contributed by atoms with E-state index in [0.717, 1.165) is 39.0 Å². The SMILES string of the molecule is CCc1ccc(NC(=O)c2cc3cc4cc(OC)ccc4nc3s2)cc1. The first kappa shape index (κ1) is 16.5. The summed E-state index contributed by atoms with van der Waals surface area (Å²) < 4.78 is 5.27. The number of anilines is 1. The van der Waals surface area contributed by atoms with Gasteiger partial charge in [0.1, 0.15) is 10.6 Å². The lowest BCUT2D eigenvalue weighted by Crippen LogP contribution is -2.09. The van der Waals surface area contributed by atoms with E-state index in [1.807, 2.05) is 54.6 Å². The highest BCUT2D eigenvalue weighted by molar-refractivity contribution is 7.20. The Balaban J connectivity index is 1.65. The molecule has 0 aliphatic heterocycles. The fourth-order valence-electron chi connectivity index (χ4n) is 2.87. The quantitative estimate of drug-likeness (QED) is 0.538. The van der Waals surface area contributed by atoms with E-state index in [0.29, 0.717) is 4.88 Å². The average molecular weight is 362 g/mol. The molecule has 0 saturated carbocycles. The van der Waals surface area contributed by atoms with E-state index in [1.54, 1.807) is 7.11 Å². The monoisotopic (exact) mass is 362 g/mol. The summed E-state index contributed by atoms with van der Waals surface area (Å²) in [4.78, 5) is 18.8. The number of rotatable bonds is 4. The molecule has 0 aliphatic rings. The molecule has 0 aliphatic carbocycles. The van der Waals surface area contributed by atoms with Crippen LogP contribution in [0.1, 0.15) is 22.2 Å². The van der Waals surface area contributed by atoms with Crippen molar-refractivity contribution < 1.29 is 9.53 Å². The third kappa shape index (κ3) is 3.13. The Hall–Kier alpha value is -2.92. The van der Waals surface area contributed by atoms with Crippen molar-refractivity contribution in [3.63, 3.8) is 0 Å². The molecule has 0 unspecified atom stereocenters. The maximum absolute atomic E-state index is 12.6. The summed E-state index contributed by atoms with van der Waals surface area (Å²) in [5, 5.41) is 4.91. The van der Waals surface area contributed by atoms with Crippen molar-refractivity contribution in [3.05, 3.63) is 65.0 Å². The largest absolute Gasteiger partial charge is 0.497 e. The van der Waals surface area contributed by atoms with E-state index in [-0.39, 0.29) is 5.91 Å². The number of fused-ring (bicyclic) bond motifs is 2. The zero-order chi connectivity index (χ0) is 18.1. The van der Waals surface area contributed by atoms with Crippen molar-refractivity contribution >= 4 is 44.1 Å². The van der Waals surface area contributed by atoms with Gasteiger partial charge in [-0.05, 0) is 54.4 Å². The van der Waals surface area contributed by atoms with Crippen LogP contribution >= 0.6 is 11.3 Å². The lowest BCUT2D eigenvalue weighted by Gasteiger charge is -2.04. The van der Waals surface area contributed by atoms with Crippen LogP contribution in [0.2, 0.25) is 0 Å². The molecule has 5 heteroatoms. The minimum absolute atomic E-state index is 0.112. The van der Waals surface area contributed by atoms with E-state index in [2.05, 4.69) is 17.2 Å². The minimum Gasteiger partial charge on any atom is -0.497 e. The van der Waals surface area contributed by atoms with Gasteiger partial charge < -0.3 is 10.1 Å². The summed E-state index contributed by atoms with van der Waals surface area (Å²) >= 11 is 1.40. The van der Waals surface area contributed by atoms with Gasteiger partial charge in [-0.15, -0.1) is 11.3 Å². The van der Waals surface area contributed by atoms with Crippen LogP contribution in [-0.4, -0.2) is 18.0 Å². The molecular formula is C21H18N2O2S. The van der Waals surface area contributed by atoms with E-state index in [4.69, 9.17) is 4.74 Å². The highest BCUT2D eigenvalue weighted by atomic mass is 32.1. The molecule has 4 rings (SSSR count). The second kappa shape index (κ2) is 6.77. The number of benzene rings is 2. The Morgan fingerprint density at radius 3 is 2.62 bits per heavy atom. The smallest absolute Gasteiger partial charge is 0.265 e. The molecule has 4 nitrogen and oxygen atoms in total. The molecule has 2 aromatic carbocycles. The van der Waals surface area contributed by atoms with E-state index in [1.165, 1.54) is 16.9 Å². The fourth-order valence-corrected chi connectivity index (χ4v) is 3.79.